The molecular weight excluding hydrogens is 1140 g/mol. The van der Waals surface area contributed by atoms with E-state index in [0.717, 1.165) is 74.6 Å². The number of aromatic nitrogens is 6. The summed E-state index contributed by atoms with van der Waals surface area (Å²) in [7, 11) is 2.59. The summed E-state index contributed by atoms with van der Waals surface area (Å²) in [6, 6.07) is 52.4. The summed E-state index contributed by atoms with van der Waals surface area (Å²) in [5, 5.41) is 22.5. The Morgan fingerprint density at radius 2 is 0.932 bits per heavy atom. The summed E-state index contributed by atoms with van der Waals surface area (Å²) in [4.78, 5) is 41.2. The van der Waals surface area contributed by atoms with Crippen LogP contribution in [0.1, 0.15) is 56.0 Å². The second kappa shape index (κ2) is 30.3. The van der Waals surface area contributed by atoms with Crippen LogP contribution in [0, 0.1) is 13.8 Å². The number of rotatable bonds is 26. The van der Waals surface area contributed by atoms with Crippen LogP contribution in [0.15, 0.2) is 182 Å². The zero-order chi connectivity index (χ0) is 63.0. The summed E-state index contributed by atoms with van der Waals surface area (Å²) in [5.41, 5.74) is 17.1. The molecule has 9 rings (SSSR count). The van der Waals surface area contributed by atoms with Crippen LogP contribution in [0.3, 0.4) is 0 Å². The summed E-state index contributed by atoms with van der Waals surface area (Å²) < 4.78 is 28.4. The molecule has 0 saturated carbocycles. The Labute approximate surface area is 519 Å². The number of nitrogens with two attached hydrogens (primary N) is 1. The Bertz CT molecular complexity index is 3640. The van der Waals surface area contributed by atoms with E-state index < -0.39 is 40.1 Å². The number of aryl methyl sites for hydroxylation is 3. The second-order valence-corrected chi connectivity index (χ2v) is 35.5. The van der Waals surface area contributed by atoms with Gasteiger partial charge in [0, 0.05) is 113 Å². The quantitative estimate of drug-likeness (QED) is 0.0297. The molecule has 0 bridgehead atoms. The predicted molar refractivity (Wildman–Crippen MR) is 355 cm³/mol. The predicted octanol–water partition coefficient (Wildman–Crippen LogP) is 12.8. The minimum Gasteiger partial charge on any atom is -0.496 e. The molecule has 3 aromatic heterocycles. The smallest absolute Gasteiger partial charge is 0.270 e. The van der Waals surface area contributed by atoms with Gasteiger partial charge < -0.3 is 40.6 Å². The van der Waals surface area contributed by atoms with Gasteiger partial charge >= 0.3 is 0 Å². The summed E-state index contributed by atoms with van der Waals surface area (Å²) in [5.74, 6) is -0.608. The van der Waals surface area contributed by atoms with Crippen LogP contribution < -0.4 is 31.2 Å². The molecule has 17 nitrogen and oxygen atoms in total. The lowest BCUT2D eigenvalue weighted by Gasteiger charge is -2.28. The van der Waals surface area contributed by atoms with Gasteiger partial charge in [-0.25, -0.2) is 9.36 Å². The van der Waals surface area contributed by atoms with Crippen LogP contribution in [0.5, 0.6) is 11.5 Å². The molecule has 0 aliphatic rings. The Kier molecular flexibility index (Phi) is 22.4. The minimum absolute atomic E-state index is 0.271. The molecule has 9 aromatic rings. The number of hydrogen-bond acceptors (Lipinski definition) is 11. The number of anilines is 2. The largest absolute Gasteiger partial charge is 0.496 e. The van der Waals surface area contributed by atoms with E-state index in [2.05, 4.69) is 70.5 Å². The van der Waals surface area contributed by atoms with Crippen molar-refractivity contribution in [2.75, 3.05) is 38.1 Å². The van der Waals surface area contributed by atoms with Crippen LogP contribution in [-0.2, 0) is 39.6 Å². The number of nitrogens with one attached hydrogen (secondary N) is 3. The summed E-state index contributed by atoms with van der Waals surface area (Å²) in [6.07, 6.45) is 5.48. The molecule has 2 atom stereocenters. The lowest BCUT2D eigenvalue weighted by Crippen LogP contribution is -2.48. The molecular formula is C69H84N10O7Si2. The van der Waals surface area contributed by atoms with Gasteiger partial charge in [-0.3, -0.25) is 19.1 Å². The Morgan fingerprint density at radius 1 is 0.534 bits per heavy atom. The SMILES string of the molecule is COc1cc(NC(=O)[C@@H](N)C(c2ccccc2)c2ccccc2)ccc1-c1cn(COCC[Si](C)(C)C)nc1C.COc1cc(NC(=O)[C@@H](NC(=O)c2ccnn2C)C(c2ccccc2)c2ccccc2)ccc1-c1cn(COCC[Si](C)(C)C)nc1C. The fourth-order valence-electron chi connectivity index (χ4n) is 10.3. The van der Waals surface area contributed by atoms with E-state index >= 15 is 0 Å². The first kappa shape index (κ1) is 65.3. The van der Waals surface area contributed by atoms with Gasteiger partial charge in [0.15, 0.2) is 0 Å². The Hall–Kier alpha value is -8.73. The number of benzene rings is 6. The molecule has 0 unspecified atom stereocenters. The lowest BCUT2D eigenvalue weighted by molar-refractivity contribution is -0.118. The topological polar surface area (TPSA) is 204 Å². The third-order valence-electron chi connectivity index (χ3n) is 15.1. The van der Waals surface area contributed by atoms with Crippen molar-refractivity contribution in [3.8, 4) is 33.8 Å². The van der Waals surface area contributed by atoms with Crippen LogP contribution >= 0.6 is 0 Å². The molecule has 19 heteroatoms. The van der Waals surface area contributed by atoms with Gasteiger partial charge in [0.1, 0.15) is 36.7 Å². The third kappa shape index (κ3) is 17.7. The summed E-state index contributed by atoms with van der Waals surface area (Å²) >= 11 is 0. The maximum atomic E-state index is 14.3. The van der Waals surface area contributed by atoms with Gasteiger partial charge in [0.05, 0.1) is 31.6 Å². The molecule has 0 aliphatic carbocycles. The van der Waals surface area contributed by atoms with Crippen molar-refractivity contribution >= 4 is 45.2 Å². The average molecular weight is 1220 g/mol. The highest BCUT2D eigenvalue weighted by molar-refractivity contribution is 6.76. The number of amides is 3. The van der Waals surface area contributed by atoms with E-state index in [9.17, 15) is 14.4 Å². The maximum Gasteiger partial charge on any atom is 0.270 e. The average Bonchev–Trinajstić information content (AvgIpc) is 2.73. The van der Waals surface area contributed by atoms with Crippen molar-refractivity contribution in [2.24, 2.45) is 12.8 Å². The number of hydrogen-bond donors (Lipinski definition) is 4. The normalized spacial score (nSPS) is 12.2. The standard InChI is InChI=1S/C37H44N6O4Si.C32H40N4O3Si/c1-26-31(24-43(41-26)25-47-21-22-48(4,5)6)30-18-17-29(23-33(30)46-3)39-37(45)35(40-36(44)32-19-20-38-42(32)2)34(27-13-9-7-10-14-27)28-15-11-8-12-16-28;1-23-28(21-36(35-23)22-39-18-19-40(3,4)5)27-17-16-26(20-29(27)38-2)34-32(37)31(33)30(24-12-8-6-9-13-24)25-14-10-7-11-15-25/h7-20,23-24,34-35H,21-22,25H2,1-6H3,(H,39,45)(H,40,44);6-17,20-21,30-31H,18-19,22,33H2,1-5H3,(H,34,37)/t35-;31-/m00/s1. The number of methoxy groups -OCH3 is 2. The van der Waals surface area contributed by atoms with Gasteiger partial charge in [-0.1, -0.05) is 161 Å². The van der Waals surface area contributed by atoms with Crippen molar-refractivity contribution in [3.63, 3.8) is 0 Å². The molecule has 5 N–H and O–H groups in total. The van der Waals surface area contributed by atoms with Crippen molar-refractivity contribution in [1.29, 1.82) is 0 Å². The van der Waals surface area contributed by atoms with E-state index in [1.54, 1.807) is 44.3 Å². The molecule has 460 valence electrons. The molecule has 0 aliphatic heterocycles. The minimum atomic E-state index is -1.18. The number of carbonyl (C=O) groups excluding carboxylic acids is 3. The molecule has 3 heterocycles. The first-order valence-corrected chi connectivity index (χ1v) is 37.1. The first-order chi connectivity index (χ1) is 42.2. The van der Waals surface area contributed by atoms with Crippen molar-refractivity contribution in [3.05, 3.63) is 222 Å². The van der Waals surface area contributed by atoms with E-state index in [4.69, 9.17) is 24.7 Å². The van der Waals surface area contributed by atoms with Crippen molar-refractivity contribution in [1.82, 2.24) is 34.7 Å². The zero-order valence-corrected chi connectivity index (χ0v) is 54.5. The van der Waals surface area contributed by atoms with Crippen LogP contribution in [0.2, 0.25) is 51.4 Å². The van der Waals surface area contributed by atoms with Crippen molar-refractivity contribution < 1.29 is 33.3 Å². The second-order valence-electron chi connectivity index (χ2n) is 24.3. The Balaban J connectivity index is 0.000000232. The Morgan fingerprint density at radius 3 is 1.31 bits per heavy atom. The number of carbonyl (C=O) groups is 3. The molecule has 0 saturated heterocycles. The van der Waals surface area contributed by atoms with Crippen LogP contribution in [0.4, 0.5) is 11.4 Å². The molecule has 6 aromatic carbocycles. The van der Waals surface area contributed by atoms with E-state index in [-0.39, 0.29) is 17.7 Å². The van der Waals surface area contributed by atoms with E-state index in [0.29, 0.717) is 48.6 Å². The van der Waals surface area contributed by atoms with E-state index in [1.807, 2.05) is 183 Å². The molecule has 88 heavy (non-hydrogen) atoms. The van der Waals surface area contributed by atoms with Crippen LogP contribution in [-0.4, -0.2) is 103 Å². The molecule has 0 fully saturated rings. The van der Waals surface area contributed by atoms with Gasteiger partial charge in [0.25, 0.3) is 5.91 Å². The number of ether oxygens (including phenoxy) is 4. The highest BCUT2D eigenvalue weighted by atomic mass is 28.3. The first-order valence-electron chi connectivity index (χ1n) is 29.7. The zero-order valence-electron chi connectivity index (χ0n) is 52.5. The highest BCUT2D eigenvalue weighted by Crippen LogP contribution is 2.37. The van der Waals surface area contributed by atoms with Crippen LogP contribution in [0.25, 0.3) is 22.3 Å². The van der Waals surface area contributed by atoms with Gasteiger partial charge in [-0.2, -0.15) is 15.3 Å². The van der Waals surface area contributed by atoms with Gasteiger partial charge in [-0.15, -0.1) is 0 Å². The van der Waals surface area contributed by atoms with Gasteiger partial charge in [0.2, 0.25) is 11.8 Å². The maximum absolute atomic E-state index is 14.3. The highest BCUT2D eigenvalue weighted by Gasteiger charge is 2.34. The summed E-state index contributed by atoms with van der Waals surface area (Å²) in [6.45, 7) is 20.1. The number of nitrogens with zero attached hydrogens (tertiary/aromatic N) is 6. The van der Waals surface area contributed by atoms with Gasteiger partial charge in [-0.05, 0) is 78.5 Å². The fourth-order valence-corrected chi connectivity index (χ4v) is 11.8. The monoisotopic (exact) mass is 1220 g/mol. The third-order valence-corrected chi connectivity index (χ3v) is 18.5. The molecule has 3 amide bonds. The molecule has 0 spiro atoms. The van der Waals surface area contributed by atoms with Crippen molar-refractivity contribution in [2.45, 2.75) is 103 Å². The fraction of sp³-hybridized carbons (Fsp3) is 0.304. The van der Waals surface area contributed by atoms with E-state index in [1.165, 1.54) is 4.68 Å². The molecule has 0 radical (unpaired) electrons. The lowest BCUT2D eigenvalue weighted by atomic mass is 9.84.